The molecule has 2 aromatic carbocycles. The lowest BCUT2D eigenvalue weighted by molar-refractivity contribution is 0.216. The Hall–Kier alpha value is -2.52. The second kappa shape index (κ2) is 17.9. The Balaban J connectivity index is 0.000000357. The van der Waals surface area contributed by atoms with Crippen LogP contribution in [-0.4, -0.2) is 16.2 Å². The monoisotopic (exact) mass is 507 g/mol. The quantitative estimate of drug-likeness (QED) is 0.381. The minimum absolute atomic E-state index is 0.0913. The number of halogens is 1. The average molecular weight is 508 g/mol. The first kappa shape index (κ1) is 32.5. The van der Waals surface area contributed by atoms with E-state index in [0.29, 0.717) is 0 Å². The largest absolute Gasteiger partial charge is 0.394 e. The minimum atomic E-state index is -0.167. The van der Waals surface area contributed by atoms with E-state index in [1.54, 1.807) is 19.9 Å². The molecule has 1 aliphatic carbocycles. The first-order valence-electron chi connectivity index (χ1n) is 14.2. The van der Waals surface area contributed by atoms with Gasteiger partial charge in [-0.05, 0) is 98.7 Å². The number of aromatic nitrogens is 1. The summed E-state index contributed by atoms with van der Waals surface area (Å²) < 4.78 is 13.9. The van der Waals surface area contributed by atoms with Gasteiger partial charge >= 0.3 is 0 Å². The zero-order valence-corrected chi connectivity index (χ0v) is 24.6. The normalized spacial score (nSPS) is 12.9. The molecule has 0 bridgehead atoms. The van der Waals surface area contributed by atoms with Crippen LogP contribution in [0.25, 0.3) is 11.1 Å². The summed E-state index contributed by atoms with van der Waals surface area (Å²) in [5.74, 6) is 0.637. The number of aliphatic hydroxyl groups is 1. The highest BCUT2D eigenvalue weighted by molar-refractivity contribution is 5.64. The van der Waals surface area contributed by atoms with Crippen molar-refractivity contribution in [2.24, 2.45) is 0 Å². The van der Waals surface area contributed by atoms with Gasteiger partial charge in [0.05, 0.1) is 0 Å². The molecule has 0 atom stereocenters. The summed E-state index contributed by atoms with van der Waals surface area (Å²) in [6.07, 6.45) is 10.3. The highest BCUT2D eigenvalue weighted by Crippen LogP contribution is 2.33. The topological polar surface area (TPSA) is 33.1 Å². The molecule has 1 aliphatic rings. The number of rotatable bonds is 4. The van der Waals surface area contributed by atoms with Gasteiger partial charge in [-0.25, -0.2) is 4.39 Å². The van der Waals surface area contributed by atoms with Gasteiger partial charge in [0.1, 0.15) is 5.82 Å². The molecule has 0 spiro atoms. The smallest absolute Gasteiger partial charge is 0.127 e. The SMILES string of the molecule is CC.CC(C)O.CCc1ccc(-c2ccc(C3CCCCC3)cc2)cc1F.CCc1cnc(C)c(C)c1. The van der Waals surface area contributed by atoms with Crippen LogP contribution in [0.2, 0.25) is 0 Å². The van der Waals surface area contributed by atoms with Crippen LogP contribution in [-0.2, 0) is 12.8 Å². The Labute approximate surface area is 226 Å². The first-order chi connectivity index (χ1) is 17.7. The maximum absolute atomic E-state index is 13.9. The molecular formula is C34H50FNO. The Morgan fingerprint density at radius 2 is 1.43 bits per heavy atom. The molecule has 1 saturated carbocycles. The third-order valence-corrected chi connectivity index (χ3v) is 6.56. The number of nitrogens with zero attached hydrogens (tertiary/aromatic N) is 1. The Kier molecular flexibility index (Phi) is 15.7. The Morgan fingerprint density at radius 1 is 0.865 bits per heavy atom. The van der Waals surface area contributed by atoms with E-state index >= 15 is 0 Å². The van der Waals surface area contributed by atoms with Crippen molar-refractivity contribution in [2.45, 2.75) is 112 Å². The number of aryl methyl sites for hydroxylation is 4. The van der Waals surface area contributed by atoms with Crippen molar-refractivity contribution in [1.82, 2.24) is 4.98 Å². The van der Waals surface area contributed by atoms with E-state index in [1.165, 1.54) is 48.8 Å². The molecule has 2 nitrogen and oxygen atoms in total. The lowest BCUT2D eigenvalue weighted by Gasteiger charge is -2.22. The summed E-state index contributed by atoms with van der Waals surface area (Å²) in [5, 5.41) is 8.06. The number of hydrogen-bond acceptors (Lipinski definition) is 2. The van der Waals surface area contributed by atoms with Crippen LogP contribution in [0.5, 0.6) is 0 Å². The van der Waals surface area contributed by atoms with E-state index < -0.39 is 0 Å². The number of hydrogen-bond donors (Lipinski definition) is 1. The zero-order valence-electron chi connectivity index (χ0n) is 24.6. The van der Waals surface area contributed by atoms with Crippen LogP contribution in [0.1, 0.15) is 108 Å². The third kappa shape index (κ3) is 11.6. The Bertz CT molecular complexity index is 1020. The van der Waals surface area contributed by atoms with Crippen LogP contribution < -0.4 is 0 Å². The van der Waals surface area contributed by atoms with Gasteiger partial charge in [0, 0.05) is 18.0 Å². The molecule has 1 aromatic heterocycles. The summed E-state index contributed by atoms with van der Waals surface area (Å²) in [4.78, 5) is 4.25. The van der Waals surface area contributed by atoms with Crippen molar-refractivity contribution in [3.63, 3.8) is 0 Å². The molecule has 0 unspecified atom stereocenters. The molecule has 4 rings (SSSR count). The molecule has 3 aromatic rings. The van der Waals surface area contributed by atoms with Crippen LogP contribution in [0.15, 0.2) is 54.7 Å². The molecule has 0 amide bonds. The van der Waals surface area contributed by atoms with Crippen LogP contribution >= 0.6 is 0 Å². The molecule has 0 saturated heterocycles. The van der Waals surface area contributed by atoms with Gasteiger partial charge in [-0.2, -0.15) is 0 Å². The lowest BCUT2D eigenvalue weighted by atomic mass is 9.83. The van der Waals surface area contributed by atoms with Crippen molar-refractivity contribution in [3.8, 4) is 11.1 Å². The first-order valence-corrected chi connectivity index (χ1v) is 14.2. The standard InChI is InChI=1S/C20H23F.C9H13N.C3H8O.C2H6/c1-2-15-8-13-19(14-20(15)21)18-11-9-17(10-12-18)16-6-4-3-5-7-16;1-4-9-5-7(2)8(3)10-6-9;1-3(2)4;1-2/h8-14,16H,2-7H2,1H3;5-6H,4H2,1-3H3;3-4H,1-2H3;1-2H3. The van der Waals surface area contributed by atoms with Gasteiger partial charge in [0.25, 0.3) is 0 Å². The van der Waals surface area contributed by atoms with Gasteiger partial charge in [-0.1, -0.05) is 89.4 Å². The molecule has 0 radical (unpaired) electrons. The summed E-state index contributed by atoms with van der Waals surface area (Å²) >= 11 is 0. The molecule has 1 heterocycles. The highest BCUT2D eigenvalue weighted by atomic mass is 19.1. The number of pyridine rings is 1. The predicted molar refractivity (Wildman–Crippen MR) is 159 cm³/mol. The number of benzene rings is 2. The second-order valence-corrected chi connectivity index (χ2v) is 9.81. The third-order valence-electron chi connectivity index (χ3n) is 6.56. The molecule has 1 fully saturated rings. The van der Waals surface area contributed by atoms with Crippen molar-refractivity contribution in [3.05, 3.63) is 88.5 Å². The maximum Gasteiger partial charge on any atom is 0.127 e. The van der Waals surface area contributed by atoms with Gasteiger partial charge in [0.15, 0.2) is 0 Å². The second-order valence-electron chi connectivity index (χ2n) is 9.81. The minimum Gasteiger partial charge on any atom is -0.394 e. The van der Waals surface area contributed by atoms with Crippen LogP contribution in [0.4, 0.5) is 4.39 Å². The maximum atomic E-state index is 13.9. The van der Waals surface area contributed by atoms with Gasteiger partial charge in [-0.15, -0.1) is 0 Å². The molecular weight excluding hydrogens is 457 g/mol. The summed E-state index contributed by atoms with van der Waals surface area (Å²) in [7, 11) is 0. The number of aliphatic hydroxyl groups excluding tert-OH is 1. The van der Waals surface area contributed by atoms with E-state index in [4.69, 9.17) is 5.11 Å². The van der Waals surface area contributed by atoms with E-state index in [2.05, 4.69) is 49.2 Å². The van der Waals surface area contributed by atoms with Crippen molar-refractivity contribution in [1.29, 1.82) is 0 Å². The summed E-state index contributed by atoms with van der Waals surface area (Å²) in [6, 6.07) is 16.5. The summed E-state index contributed by atoms with van der Waals surface area (Å²) in [6.45, 7) is 15.7. The predicted octanol–water partition coefficient (Wildman–Crippen LogP) is 9.78. The Morgan fingerprint density at radius 3 is 1.92 bits per heavy atom. The van der Waals surface area contributed by atoms with Crippen molar-refractivity contribution >= 4 is 0 Å². The fourth-order valence-electron chi connectivity index (χ4n) is 4.29. The van der Waals surface area contributed by atoms with Crippen LogP contribution in [0, 0.1) is 19.7 Å². The summed E-state index contributed by atoms with van der Waals surface area (Å²) in [5.41, 5.74) is 8.07. The van der Waals surface area contributed by atoms with Crippen molar-refractivity contribution in [2.75, 3.05) is 0 Å². The van der Waals surface area contributed by atoms with E-state index in [-0.39, 0.29) is 11.9 Å². The fraction of sp³-hybridized carbons (Fsp3) is 0.500. The molecule has 3 heteroatoms. The molecule has 0 aliphatic heterocycles. The van der Waals surface area contributed by atoms with Gasteiger partial charge in [0.2, 0.25) is 0 Å². The van der Waals surface area contributed by atoms with E-state index in [0.717, 1.165) is 41.1 Å². The van der Waals surface area contributed by atoms with E-state index in [1.807, 2.05) is 46.0 Å². The van der Waals surface area contributed by atoms with Crippen molar-refractivity contribution < 1.29 is 9.50 Å². The molecule has 204 valence electrons. The molecule has 1 N–H and O–H groups in total. The fourth-order valence-corrected chi connectivity index (χ4v) is 4.29. The van der Waals surface area contributed by atoms with Crippen LogP contribution in [0.3, 0.4) is 0 Å². The molecule has 37 heavy (non-hydrogen) atoms. The lowest BCUT2D eigenvalue weighted by Crippen LogP contribution is -2.04. The van der Waals surface area contributed by atoms with Gasteiger partial charge < -0.3 is 5.11 Å². The zero-order chi connectivity index (χ0) is 27.8. The van der Waals surface area contributed by atoms with Gasteiger partial charge in [-0.3, -0.25) is 4.98 Å². The van der Waals surface area contributed by atoms with E-state index in [9.17, 15) is 4.39 Å². The highest BCUT2D eigenvalue weighted by Gasteiger charge is 2.15. The average Bonchev–Trinajstić information content (AvgIpc) is 2.92.